The molecule has 0 fully saturated rings. The third kappa shape index (κ3) is 3.58. The third-order valence-electron chi connectivity index (χ3n) is 3.55. The Morgan fingerprint density at radius 3 is 2.67 bits per heavy atom. The number of nitrogens with zero attached hydrogens (tertiary/aromatic N) is 4. The maximum absolute atomic E-state index is 6.05. The van der Waals surface area contributed by atoms with Crippen LogP contribution in [0.2, 0.25) is 0 Å². The molecular weight excluding hydrogens is 288 g/mol. The fraction of sp³-hybridized carbons (Fsp3) is 0.733. The molecule has 2 rings (SSSR count). The van der Waals surface area contributed by atoms with E-state index in [0.29, 0.717) is 12.0 Å². The van der Waals surface area contributed by atoms with E-state index in [1.165, 1.54) is 0 Å². The molecule has 0 spiro atoms. The number of aromatic nitrogens is 4. The van der Waals surface area contributed by atoms with Gasteiger partial charge in [0.2, 0.25) is 0 Å². The summed E-state index contributed by atoms with van der Waals surface area (Å²) in [6.07, 6.45) is 3.28. The van der Waals surface area contributed by atoms with Crippen LogP contribution in [0, 0.1) is 0 Å². The second-order valence-corrected chi connectivity index (χ2v) is 5.80. The first kappa shape index (κ1) is 16.3. The predicted octanol–water partition coefficient (Wildman–Crippen LogP) is 3.28. The van der Waals surface area contributed by atoms with Crippen molar-refractivity contribution in [1.82, 2.24) is 19.3 Å². The topological polar surface area (TPSA) is 44.9 Å². The molecule has 0 N–H and O–H groups in total. The van der Waals surface area contributed by atoms with Gasteiger partial charge in [0.15, 0.2) is 5.65 Å². The molecule has 0 radical (unpaired) electrons. The standard InChI is InChI=1S/C15H25ClN4O/c1-5-12-14-15(19(4)18-12)20(13(10-16)17-14)8-6-7-9-21-11(2)3/h11H,5-10H2,1-4H3. The van der Waals surface area contributed by atoms with Gasteiger partial charge in [-0.25, -0.2) is 4.98 Å². The van der Waals surface area contributed by atoms with Gasteiger partial charge in [0.25, 0.3) is 0 Å². The number of alkyl halides is 1. The van der Waals surface area contributed by atoms with Gasteiger partial charge in [0.05, 0.1) is 17.7 Å². The number of imidazole rings is 1. The molecule has 0 atom stereocenters. The maximum atomic E-state index is 6.05. The molecule has 2 aromatic rings. The highest BCUT2D eigenvalue weighted by Crippen LogP contribution is 2.21. The number of fused-ring (bicyclic) bond motifs is 1. The Bertz CT molecular complexity index is 588. The normalized spacial score (nSPS) is 11.9. The number of ether oxygens (including phenoxy) is 1. The average Bonchev–Trinajstić information content (AvgIpc) is 2.96. The Balaban J connectivity index is 2.12. The molecule has 0 saturated heterocycles. The molecule has 0 bridgehead atoms. The Hall–Kier alpha value is -1.07. The lowest BCUT2D eigenvalue weighted by Gasteiger charge is -2.10. The molecule has 2 aromatic heterocycles. The molecule has 0 aromatic carbocycles. The Kier molecular flexibility index (Phi) is 5.65. The summed E-state index contributed by atoms with van der Waals surface area (Å²) in [5.74, 6) is 1.36. The van der Waals surface area contributed by atoms with Crippen LogP contribution in [-0.4, -0.2) is 32.0 Å². The first-order valence-electron chi connectivity index (χ1n) is 7.67. The van der Waals surface area contributed by atoms with E-state index in [2.05, 4.69) is 35.4 Å². The number of halogens is 1. The van der Waals surface area contributed by atoms with Crippen molar-refractivity contribution in [1.29, 1.82) is 0 Å². The summed E-state index contributed by atoms with van der Waals surface area (Å²) in [5.41, 5.74) is 3.11. The number of hydrogen-bond acceptors (Lipinski definition) is 3. The van der Waals surface area contributed by atoms with Gasteiger partial charge in [0.1, 0.15) is 11.3 Å². The van der Waals surface area contributed by atoms with E-state index in [-0.39, 0.29) is 0 Å². The minimum absolute atomic E-state index is 0.299. The molecular formula is C15H25ClN4O. The van der Waals surface area contributed by atoms with E-state index >= 15 is 0 Å². The molecule has 0 unspecified atom stereocenters. The first-order chi connectivity index (χ1) is 10.1. The maximum Gasteiger partial charge on any atom is 0.158 e. The van der Waals surface area contributed by atoms with Gasteiger partial charge < -0.3 is 9.30 Å². The fourth-order valence-electron chi connectivity index (χ4n) is 2.55. The van der Waals surface area contributed by atoms with Crippen LogP contribution in [0.5, 0.6) is 0 Å². The fourth-order valence-corrected chi connectivity index (χ4v) is 2.76. The monoisotopic (exact) mass is 312 g/mol. The molecule has 6 heteroatoms. The largest absolute Gasteiger partial charge is 0.379 e. The average molecular weight is 313 g/mol. The van der Waals surface area contributed by atoms with E-state index in [9.17, 15) is 0 Å². The van der Waals surface area contributed by atoms with Crippen LogP contribution in [0.15, 0.2) is 0 Å². The van der Waals surface area contributed by atoms with Crippen molar-refractivity contribution in [2.75, 3.05) is 6.61 Å². The lowest BCUT2D eigenvalue weighted by molar-refractivity contribution is 0.0754. The predicted molar refractivity (Wildman–Crippen MR) is 85.8 cm³/mol. The van der Waals surface area contributed by atoms with Gasteiger partial charge in [-0.2, -0.15) is 5.10 Å². The van der Waals surface area contributed by atoms with E-state index in [1.54, 1.807) is 0 Å². The quantitative estimate of drug-likeness (QED) is 0.555. The zero-order valence-electron chi connectivity index (χ0n) is 13.4. The van der Waals surface area contributed by atoms with Crippen molar-refractivity contribution in [2.45, 2.75) is 58.6 Å². The van der Waals surface area contributed by atoms with E-state index in [1.807, 2.05) is 11.7 Å². The van der Waals surface area contributed by atoms with Crippen LogP contribution in [0.4, 0.5) is 0 Å². The molecule has 0 saturated carbocycles. The van der Waals surface area contributed by atoms with Crippen molar-refractivity contribution in [3.05, 3.63) is 11.5 Å². The minimum atomic E-state index is 0.299. The smallest absolute Gasteiger partial charge is 0.158 e. The summed E-state index contributed by atoms with van der Waals surface area (Å²) in [4.78, 5) is 4.67. The van der Waals surface area contributed by atoms with Crippen molar-refractivity contribution < 1.29 is 4.74 Å². The van der Waals surface area contributed by atoms with Gasteiger partial charge in [-0.05, 0) is 33.1 Å². The Morgan fingerprint density at radius 1 is 1.29 bits per heavy atom. The van der Waals surface area contributed by atoms with Crippen LogP contribution < -0.4 is 0 Å². The molecule has 21 heavy (non-hydrogen) atoms. The van der Waals surface area contributed by atoms with Crippen molar-refractivity contribution in [3.8, 4) is 0 Å². The van der Waals surface area contributed by atoms with Gasteiger partial charge in [0, 0.05) is 20.2 Å². The second kappa shape index (κ2) is 7.27. The highest BCUT2D eigenvalue weighted by molar-refractivity contribution is 6.16. The van der Waals surface area contributed by atoms with Gasteiger partial charge in [-0.15, -0.1) is 11.6 Å². The zero-order valence-corrected chi connectivity index (χ0v) is 14.2. The van der Waals surface area contributed by atoms with Gasteiger partial charge in [-0.3, -0.25) is 4.68 Å². The van der Waals surface area contributed by atoms with Crippen LogP contribution in [0.25, 0.3) is 11.2 Å². The molecule has 0 aliphatic rings. The highest BCUT2D eigenvalue weighted by Gasteiger charge is 2.17. The third-order valence-corrected chi connectivity index (χ3v) is 3.79. The van der Waals surface area contributed by atoms with Crippen molar-refractivity contribution in [3.63, 3.8) is 0 Å². The van der Waals surface area contributed by atoms with E-state index in [0.717, 1.165) is 55.1 Å². The molecule has 0 amide bonds. The van der Waals surface area contributed by atoms with Crippen molar-refractivity contribution >= 4 is 22.8 Å². The summed E-state index contributed by atoms with van der Waals surface area (Å²) in [7, 11) is 1.97. The Morgan fingerprint density at radius 2 is 2.05 bits per heavy atom. The van der Waals surface area contributed by atoms with Crippen molar-refractivity contribution in [2.24, 2.45) is 7.05 Å². The summed E-state index contributed by atoms with van der Waals surface area (Å²) in [5, 5.41) is 4.54. The number of hydrogen-bond donors (Lipinski definition) is 0. The molecule has 5 nitrogen and oxygen atoms in total. The lowest BCUT2D eigenvalue weighted by atomic mass is 10.3. The van der Waals surface area contributed by atoms with Crippen LogP contribution >= 0.6 is 11.6 Å². The minimum Gasteiger partial charge on any atom is -0.379 e. The molecule has 118 valence electrons. The first-order valence-corrected chi connectivity index (χ1v) is 8.20. The number of unbranched alkanes of at least 4 members (excludes halogenated alkanes) is 1. The second-order valence-electron chi connectivity index (χ2n) is 5.54. The SMILES string of the molecule is CCc1nn(C)c2c1nc(CCl)n2CCCCOC(C)C. The van der Waals surface area contributed by atoms with Gasteiger partial charge in [-0.1, -0.05) is 6.92 Å². The van der Waals surface area contributed by atoms with Crippen LogP contribution in [0.3, 0.4) is 0 Å². The lowest BCUT2D eigenvalue weighted by Crippen LogP contribution is -2.09. The summed E-state index contributed by atoms with van der Waals surface area (Å²) < 4.78 is 9.70. The number of aryl methyl sites for hydroxylation is 3. The van der Waals surface area contributed by atoms with Crippen LogP contribution in [0.1, 0.15) is 45.1 Å². The number of rotatable bonds is 8. The van der Waals surface area contributed by atoms with E-state index in [4.69, 9.17) is 16.3 Å². The van der Waals surface area contributed by atoms with Gasteiger partial charge >= 0.3 is 0 Å². The molecule has 0 aliphatic carbocycles. The van der Waals surface area contributed by atoms with Crippen LogP contribution in [-0.2, 0) is 30.6 Å². The Labute approximate surface area is 131 Å². The molecule has 2 heterocycles. The summed E-state index contributed by atoms with van der Waals surface area (Å²) in [6.45, 7) is 7.93. The molecule has 0 aliphatic heterocycles. The summed E-state index contributed by atoms with van der Waals surface area (Å²) in [6, 6.07) is 0. The zero-order chi connectivity index (χ0) is 15.4. The summed E-state index contributed by atoms with van der Waals surface area (Å²) >= 11 is 6.05. The highest BCUT2D eigenvalue weighted by atomic mass is 35.5. The van der Waals surface area contributed by atoms with E-state index < -0.39 is 0 Å².